The minimum absolute atomic E-state index is 0.210. The number of unbranched alkanes of at least 4 members (excludes halogenated alkanes) is 1. The molecule has 0 aliphatic heterocycles. The summed E-state index contributed by atoms with van der Waals surface area (Å²) in [4.78, 5) is 24.6. The van der Waals surface area contributed by atoms with Crippen molar-refractivity contribution < 1.29 is 14.7 Å². The largest absolute Gasteiger partial charge is 0.480 e. The van der Waals surface area contributed by atoms with Crippen molar-refractivity contribution >= 4 is 12.0 Å². The zero-order chi connectivity index (χ0) is 15.5. The van der Waals surface area contributed by atoms with Crippen LogP contribution in [-0.2, 0) is 4.79 Å². The van der Waals surface area contributed by atoms with Crippen LogP contribution < -0.4 is 10.6 Å². The van der Waals surface area contributed by atoms with Crippen molar-refractivity contribution in [1.29, 1.82) is 0 Å². The van der Waals surface area contributed by atoms with Crippen LogP contribution in [0.3, 0.4) is 0 Å². The van der Waals surface area contributed by atoms with Gasteiger partial charge in [-0.2, -0.15) is 0 Å². The number of carbonyl (C=O) groups excluding carboxylic acids is 1. The Bertz CT molecular complexity index is 319. The van der Waals surface area contributed by atoms with Crippen LogP contribution in [0.25, 0.3) is 0 Å². The van der Waals surface area contributed by atoms with Crippen molar-refractivity contribution in [2.45, 2.75) is 45.2 Å². The summed E-state index contributed by atoms with van der Waals surface area (Å²) in [5.41, 5.74) is 0. The van der Waals surface area contributed by atoms with E-state index >= 15 is 0 Å². The Morgan fingerprint density at radius 2 is 2.00 bits per heavy atom. The zero-order valence-corrected chi connectivity index (χ0v) is 12.7. The number of nitrogens with zero attached hydrogens (tertiary/aromatic N) is 1. The molecule has 0 bridgehead atoms. The van der Waals surface area contributed by atoms with Crippen LogP contribution in [0.5, 0.6) is 0 Å². The number of urea groups is 1. The van der Waals surface area contributed by atoms with Gasteiger partial charge in [-0.25, -0.2) is 9.59 Å². The fraction of sp³-hybridized carbons (Fsp3) is 0.714. The summed E-state index contributed by atoms with van der Waals surface area (Å²) in [6.45, 7) is 9.26. The van der Waals surface area contributed by atoms with Crippen molar-refractivity contribution in [2.24, 2.45) is 0 Å². The predicted octanol–water partition coefficient (Wildman–Crippen LogP) is 1.44. The smallest absolute Gasteiger partial charge is 0.326 e. The van der Waals surface area contributed by atoms with Gasteiger partial charge in [0, 0.05) is 12.6 Å². The van der Waals surface area contributed by atoms with Gasteiger partial charge in [-0.05, 0) is 46.7 Å². The van der Waals surface area contributed by atoms with E-state index < -0.39 is 18.0 Å². The molecule has 20 heavy (non-hydrogen) atoms. The highest BCUT2D eigenvalue weighted by Gasteiger charge is 2.17. The van der Waals surface area contributed by atoms with Gasteiger partial charge in [0.2, 0.25) is 0 Å². The highest BCUT2D eigenvalue weighted by molar-refractivity contribution is 5.82. The second-order valence-corrected chi connectivity index (χ2v) is 5.10. The van der Waals surface area contributed by atoms with Gasteiger partial charge in [0.05, 0.1) is 0 Å². The Hall–Kier alpha value is -1.56. The van der Waals surface area contributed by atoms with Crippen molar-refractivity contribution in [3.8, 4) is 0 Å². The SMILES string of the molecule is C=CCC(NC(=O)NCCCCN(C)C(C)C)C(=O)O. The van der Waals surface area contributed by atoms with E-state index in [4.69, 9.17) is 5.11 Å². The second kappa shape index (κ2) is 10.3. The van der Waals surface area contributed by atoms with E-state index in [1.165, 1.54) is 6.08 Å². The first-order chi connectivity index (χ1) is 9.38. The summed E-state index contributed by atoms with van der Waals surface area (Å²) in [5.74, 6) is -1.06. The Morgan fingerprint density at radius 1 is 1.35 bits per heavy atom. The lowest BCUT2D eigenvalue weighted by Gasteiger charge is -2.20. The van der Waals surface area contributed by atoms with E-state index in [-0.39, 0.29) is 6.42 Å². The molecule has 1 unspecified atom stereocenters. The second-order valence-electron chi connectivity index (χ2n) is 5.10. The number of amides is 2. The average Bonchev–Trinajstić information content (AvgIpc) is 2.37. The van der Waals surface area contributed by atoms with E-state index in [1.807, 2.05) is 0 Å². The number of hydrogen-bond donors (Lipinski definition) is 3. The van der Waals surface area contributed by atoms with Crippen LogP contribution in [0.4, 0.5) is 4.79 Å². The summed E-state index contributed by atoms with van der Waals surface area (Å²) < 4.78 is 0. The van der Waals surface area contributed by atoms with Gasteiger partial charge in [-0.1, -0.05) is 6.08 Å². The summed E-state index contributed by atoms with van der Waals surface area (Å²) in [5, 5.41) is 13.9. The molecule has 0 aromatic rings. The van der Waals surface area contributed by atoms with Crippen molar-refractivity contribution in [2.75, 3.05) is 20.1 Å². The van der Waals surface area contributed by atoms with E-state index in [2.05, 4.69) is 43.0 Å². The Morgan fingerprint density at radius 3 is 2.50 bits per heavy atom. The molecule has 3 N–H and O–H groups in total. The normalized spacial score (nSPS) is 12.2. The van der Waals surface area contributed by atoms with Crippen LogP contribution in [0, 0.1) is 0 Å². The van der Waals surface area contributed by atoms with Crippen LogP contribution in [-0.4, -0.2) is 54.2 Å². The molecule has 116 valence electrons. The molecule has 0 fully saturated rings. The number of carbonyl (C=O) groups is 2. The molecule has 0 aliphatic carbocycles. The van der Waals surface area contributed by atoms with Gasteiger partial charge in [-0.3, -0.25) is 0 Å². The quantitative estimate of drug-likeness (QED) is 0.419. The van der Waals surface area contributed by atoms with E-state index in [9.17, 15) is 9.59 Å². The Kier molecular flexibility index (Phi) is 9.45. The van der Waals surface area contributed by atoms with Crippen molar-refractivity contribution in [3.05, 3.63) is 12.7 Å². The monoisotopic (exact) mass is 285 g/mol. The Labute approximate surface area is 121 Å². The van der Waals surface area contributed by atoms with E-state index in [0.717, 1.165) is 19.4 Å². The molecule has 0 radical (unpaired) electrons. The van der Waals surface area contributed by atoms with Crippen LogP contribution >= 0.6 is 0 Å². The highest BCUT2D eigenvalue weighted by Crippen LogP contribution is 1.97. The molecule has 0 heterocycles. The predicted molar refractivity (Wildman–Crippen MR) is 79.8 cm³/mol. The molecule has 6 nitrogen and oxygen atoms in total. The van der Waals surface area contributed by atoms with Crippen molar-refractivity contribution in [3.63, 3.8) is 0 Å². The van der Waals surface area contributed by atoms with Crippen molar-refractivity contribution in [1.82, 2.24) is 15.5 Å². The molecular weight excluding hydrogens is 258 g/mol. The number of rotatable bonds is 10. The summed E-state index contributed by atoms with van der Waals surface area (Å²) >= 11 is 0. The first-order valence-electron chi connectivity index (χ1n) is 6.96. The molecule has 0 saturated heterocycles. The molecule has 0 aromatic heterocycles. The maximum absolute atomic E-state index is 11.5. The van der Waals surface area contributed by atoms with E-state index in [0.29, 0.717) is 12.6 Å². The first-order valence-corrected chi connectivity index (χ1v) is 6.96. The van der Waals surface area contributed by atoms with Gasteiger partial charge >= 0.3 is 12.0 Å². The summed E-state index contributed by atoms with van der Waals surface area (Å²) in [7, 11) is 2.07. The minimum atomic E-state index is -1.06. The zero-order valence-electron chi connectivity index (χ0n) is 12.7. The van der Waals surface area contributed by atoms with Gasteiger partial charge < -0.3 is 20.6 Å². The molecule has 2 amide bonds. The molecule has 6 heteroatoms. The van der Waals surface area contributed by atoms with Crippen LogP contribution in [0.2, 0.25) is 0 Å². The van der Waals surface area contributed by atoms with Gasteiger partial charge in [0.25, 0.3) is 0 Å². The van der Waals surface area contributed by atoms with Gasteiger partial charge in [-0.15, -0.1) is 6.58 Å². The number of nitrogens with one attached hydrogen (secondary N) is 2. The standard InChI is InChI=1S/C14H27N3O3/c1-5-8-12(13(18)19)16-14(20)15-9-6-7-10-17(4)11(2)3/h5,11-12H,1,6-10H2,2-4H3,(H,18,19)(H2,15,16,20). The number of carboxylic acid groups (broad SMARTS) is 1. The number of carboxylic acids is 1. The van der Waals surface area contributed by atoms with E-state index in [1.54, 1.807) is 0 Å². The molecular formula is C14H27N3O3. The third-order valence-electron chi connectivity index (χ3n) is 3.11. The molecule has 0 rings (SSSR count). The topological polar surface area (TPSA) is 81.7 Å². The fourth-order valence-corrected chi connectivity index (χ4v) is 1.54. The fourth-order valence-electron chi connectivity index (χ4n) is 1.54. The third kappa shape index (κ3) is 8.53. The minimum Gasteiger partial charge on any atom is -0.480 e. The van der Waals surface area contributed by atoms with Gasteiger partial charge in [0.15, 0.2) is 0 Å². The summed E-state index contributed by atoms with van der Waals surface area (Å²) in [6.07, 6.45) is 3.54. The lowest BCUT2D eigenvalue weighted by molar-refractivity contribution is -0.139. The molecule has 0 aliphatic rings. The first kappa shape index (κ1) is 18.4. The van der Waals surface area contributed by atoms with Crippen LogP contribution in [0.1, 0.15) is 33.1 Å². The number of hydrogen-bond acceptors (Lipinski definition) is 3. The molecule has 0 aromatic carbocycles. The lowest BCUT2D eigenvalue weighted by Crippen LogP contribution is -2.46. The molecule has 1 atom stereocenters. The van der Waals surface area contributed by atoms with Gasteiger partial charge in [0.1, 0.15) is 6.04 Å². The lowest BCUT2D eigenvalue weighted by atomic mass is 10.2. The third-order valence-corrected chi connectivity index (χ3v) is 3.11. The molecule has 0 spiro atoms. The van der Waals surface area contributed by atoms with Crippen LogP contribution in [0.15, 0.2) is 12.7 Å². The maximum Gasteiger partial charge on any atom is 0.326 e. The molecule has 0 saturated carbocycles. The Balaban J connectivity index is 3.77. The maximum atomic E-state index is 11.5. The highest BCUT2D eigenvalue weighted by atomic mass is 16.4. The average molecular weight is 285 g/mol. The number of aliphatic carboxylic acids is 1. The summed E-state index contributed by atoms with van der Waals surface area (Å²) in [6, 6.07) is -0.850.